The predicted octanol–water partition coefficient (Wildman–Crippen LogP) is 4.32. The van der Waals surface area contributed by atoms with Crippen molar-refractivity contribution >= 4 is 40.0 Å². The average molecular weight is 461 g/mol. The summed E-state index contributed by atoms with van der Waals surface area (Å²) in [6.07, 6.45) is 0.777. The van der Waals surface area contributed by atoms with Crippen LogP contribution in [0, 0.1) is 6.92 Å². The fraction of sp³-hybridized carbons (Fsp3) is 0.333. The molecule has 0 atom stereocenters. The van der Waals surface area contributed by atoms with Crippen LogP contribution in [0.3, 0.4) is 0 Å². The van der Waals surface area contributed by atoms with E-state index in [1.807, 2.05) is 38.1 Å². The molecule has 10 heteroatoms. The highest BCUT2D eigenvalue weighted by Crippen LogP contribution is 2.34. The largest absolute Gasteiger partial charge is 0.497 e. The smallest absolute Gasteiger partial charge is 0.341 e. The van der Waals surface area contributed by atoms with Gasteiger partial charge in [-0.05, 0) is 50.1 Å². The number of esters is 1. The third-order valence-electron chi connectivity index (χ3n) is 4.46. The third-order valence-corrected chi connectivity index (χ3v) is 6.66. The van der Waals surface area contributed by atoms with Gasteiger partial charge in [0.2, 0.25) is 11.1 Å². The molecule has 0 aliphatic carbocycles. The minimum atomic E-state index is -0.419. The molecular weight excluding hydrogens is 436 g/mol. The summed E-state index contributed by atoms with van der Waals surface area (Å²) < 4.78 is 10.3. The van der Waals surface area contributed by atoms with Crippen molar-refractivity contribution in [2.45, 2.75) is 32.3 Å². The molecule has 2 aromatic heterocycles. The van der Waals surface area contributed by atoms with E-state index in [-0.39, 0.29) is 18.3 Å². The molecule has 1 aromatic carbocycles. The number of carbonyl (C=O) groups is 2. The molecule has 3 aromatic rings. The van der Waals surface area contributed by atoms with Gasteiger partial charge in [0.25, 0.3) is 0 Å². The lowest BCUT2D eigenvalue weighted by Gasteiger charge is -2.06. The summed E-state index contributed by atoms with van der Waals surface area (Å²) in [7, 11) is 1.61. The minimum Gasteiger partial charge on any atom is -0.497 e. The second-order valence-corrected chi connectivity index (χ2v) is 8.51. The molecule has 0 unspecified atom stereocenters. The summed E-state index contributed by atoms with van der Waals surface area (Å²) in [5, 5.41) is 10.9. The first-order valence-electron chi connectivity index (χ1n) is 9.75. The molecule has 0 radical (unpaired) electrons. The number of carbonyl (C=O) groups excluding carboxylic acids is 2. The number of aromatic amines is 1. The molecule has 1 amide bonds. The van der Waals surface area contributed by atoms with Gasteiger partial charge in [-0.25, -0.2) is 9.78 Å². The van der Waals surface area contributed by atoms with E-state index < -0.39 is 5.97 Å². The quantitative estimate of drug-likeness (QED) is 0.362. The van der Waals surface area contributed by atoms with Crippen LogP contribution in [0.15, 0.2) is 29.4 Å². The Morgan fingerprint density at radius 3 is 2.61 bits per heavy atom. The van der Waals surface area contributed by atoms with Crippen molar-refractivity contribution in [2.24, 2.45) is 0 Å². The molecular formula is C21H24N4O4S2. The van der Waals surface area contributed by atoms with Crippen molar-refractivity contribution in [3.8, 4) is 17.1 Å². The van der Waals surface area contributed by atoms with Gasteiger partial charge in [0.1, 0.15) is 10.8 Å². The Morgan fingerprint density at radius 2 is 1.97 bits per heavy atom. The van der Waals surface area contributed by atoms with Crippen LogP contribution in [0.1, 0.15) is 34.6 Å². The topological polar surface area (TPSA) is 106 Å². The van der Waals surface area contributed by atoms with Crippen LogP contribution in [0.25, 0.3) is 11.4 Å². The molecule has 0 fully saturated rings. The summed E-state index contributed by atoms with van der Waals surface area (Å²) in [6.45, 7) is 5.92. The molecule has 3 rings (SSSR count). The number of H-pyrrole nitrogens is 1. The number of ether oxygens (including phenoxy) is 2. The number of benzene rings is 1. The number of thiophene rings is 1. The van der Waals surface area contributed by atoms with E-state index in [4.69, 9.17) is 9.47 Å². The van der Waals surface area contributed by atoms with Crippen molar-refractivity contribution < 1.29 is 19.1 Å². The van der Waals surface area contributed by atoms with E-state index in [0.717, 1.165) is 28.2 Å². The number of nitrogens with zero attached hydrogens (tertiary/aromatic N) is 2. The Hall–Kier alpha value is -2.85. The van der Waals surface area contributed by atoms with E-state index in [1.165, 1.54) is 23.1 Å². The molecule has 2 heterocycles. The predicted molar refractivity (Wildman–Crippen MR) is 122 cm³/mol. The zero-order valence-electron chi connectivity index (χ0n) is 17.8. The van der Waals surface area contributed by atoms with Crippen LogP contribution in [0.4, 0.5) is 5.00 Å². The van der Waals surface area contributed by atoms with Crippen LogP contribution in [-0.2, 0) is 16.0 Å². The summed E-state index contributed by atoms with van der Waals surface area (Å²) in [6, 6.07) is 7.43. The number of thioether (sulfide) groups is 1. The fourth-order valence-electron chi connectivity index (χ4n) is 2.92. The number of aryl methyl sites for hydroxylation is 1. The highest BCUT2D eigenvalue weighted by Gasteiger charge is 2.23. The lowest BCUT2D eigenvalue weighted by Crippen LogP contribution is -2.16. The first-order chi connectivity index (χ1) is 15.0. The Balaban J connectivity index is 1.64. The molecule has 8 nitrogen and oxygen atoms in total. The molecule has 0 aliphatic heterocycles. The van der Waals surface area contributed by atoms with Crippen molar-refractivity contribution in [1.82, 2.24) is 15.2 Å². The number of hydrogen-bond acceptors (Lipinski definition) is 8. The Morgan fingerprint density at radius 1 is 1.23 bits per heavy atom. The lowest BCUT2D eigenvalue weighted by atomic mass is 10.1. The monoisotopic (exact) mass is 460 g/mol. The zero-order valence-corrected chi connectivity index (χ0v) is 19.4. The van der Waals surface area contributed by atoms with Crippen molar-refractivity contribution in [3.63, 3.8) is 0 Å². The average Bonchev–Trinajstić information content (AvgIpc) is 3.37. The number of aromatic nitrogens is 3. The van der Waals surface area contributed by atoms with E-state index >= 15 is 0 Å². The SMILES string of the molecule is CCOC(=O)c1c(NC(=O)CSc2n[nH]c(-c3ccc(OC)cc3)n2)sc(CC)c1C. The van der Waals surface area contributed by atoms with Crippen molar-refractivity contribution in [3.05, 3.63) is 40.3 Å². The van der Waals surface area contributed by atoms with Crippen LogP contribution >= 0.6 is 23.1 Å². The molecule has 0 spiro atoms. The van der Waals surface area contributed by atoms with Crippen LogP contribution < -0.4 is 10.1 Å². The van der Waals surface area contributed by atoms with Gasteiger partial charge in [0.15, 0.2) is 5.82 Å². The normalized spacial score (nSPS) is 10.7. The number of hydrogen-bond donors (Lipinski definition) is 2. The summed E-state index contributed by atoms with van der Waals surface area (Å²) in [5.41, 5.74) is 2.15. The van der Waals surface area contributed by atoms with Crippen LogP contribution in [0.5, 0.6) is 5.75 Å². The van der Waals surface area contributed by atoms with Gasteiger partial charge in [-0.2, -0.15) is 0 Å². The van der Waals surface area contributed by atoms with Gasteiger partial charge < -0.3 is 14.8 Å². The Labute approximate surface area is 188 Å². The first-order valence-corrected chi connectivity index (χ1v) is 11.6. The van der Waals surface area contributed by atoms with E-state index in [0.29, 0.717) is 21.5 Å². The van der Waals surface area contributed by atoms with Gasteiger partial charge >= 0.3 is 5.97 Å². The molecule has 0 aliphatic rings. The lowest BCUT2D eigenvalue weighted by molar-refractivity contribution is -0.113. The Kier molecular flexibility index (Phi) is 7.69. The molecule has 31 heavy (non-hydrogen) atoms. The number of rotatable bonds is 9. The summed E-state index contributed by atoms with van der Waals surface area (Å²) in [4.78, 5) is 30.3. The third kappa shape index (κ3) is 5.45. The van der Waals surface area contributed by atoms with Crippen molar-refractivity contribution in [2.75, 3.05) is 24.8 Å². The molecule has 164 valence electrons. The second kappa shape index (κ2) is 10.5. The zero-order chi connectivity index (χ0) is 22.4. The standard InChI is InChI=1S/C21H24N4O4S2/c1-5-15-12(3)17(20(27)29-6-2)19(31-15)22-16(26)11-30-21-23-18(24-25-21)13-7-9-14(28-4)10-8-13/h7-10H,5-6,11H2,1-4H3,(H,22,26)(H,23,24,25). The molecule has 0 saturated carbocycles. The number of amides is 1. The highest BCUT2D eigenvalue weighted by molar-refractivity contribution is 7.99. The molecule has 2 N–H and O–H groups in total. The van der Waals surface area contributed by atoms with Gasteiger partial charge in [-0.15, -0.1) is 16.4 Å². The van der Waals surface area contributed by atoms with Crippen LogP contribution in [0.2, 0.25) is 0 Å². The number of anilines is 1. The van der Waals surface area contributed by atoms with E-state index in [1.54, 1.807) is 14.0 Å². The van der Waals surface area contributed by atoms with Gasteiger partial charge in [0.05, 0.1) is 25.0 Å². The number of nitrogens with one attached hydrogen (secondary N) is 2. The van der Waals surface area contributed by atoms with Gasteiger partial charge in [-0.3, -0.25) is 9.89 Å². The molecule has 0 saturated heterocycles. The fourth-order valence-corrected chi connectivity index (χ4v) is 4.66. The number of methoxy groups -OCH3 is 1. The second-order valence-electron chi connectivity index (χ2n) is 6.46. The molecule has 0 bridgehead atoms. The maximum atomic E-state index is 12.5. The maximum Gasteiger partial charge on any atom is 0.341 e. The van der Waals surface area contributed by atoms with E-state index in [9.17, 15) is 9.59 Å². The maximum absolute atomic E-state index is 12.5. The summed E-state index contributed by atoms with van der Waals surface area (Å²) >= 11 is 2.62. The highest BCUT2D eigenvalue weighted by atomic mass is 32.2. The summed E-state index contributed by atoms with van der Waals surface area (Å²) in [5.74, 6) is 0.816. The Bertz CT molecular complexity index is 1060. The van der Waals surface area contributed by atoms with Crippen LogP contribution in [-0.4, -0.2) is 46.5 Å². The first kappa shape index (κ1) is 22.8. The van der Waals surface area contributed by atoms with Gasteiger partial charge in [-0.1, -0.05) is 18.7 Å². The van der Waals surface area contributed by atoms with Crippen molar-refractivity contribution in [1.29, 1.82) is 0 Å². The van der Waals surface area contributed by atoms with Gasteiger partial charge in [0, 0.05) is 10.4 Å². The minimum absolute atomic E-state index is 0.112. The van der Waals surface area contributed by atoms with E-state index in [2.05, 4.69) is 20.5 Å².